The van der Waals surface area contributed by atoms with Crippen LogP contribution in [0.15, 0.2) is 56.9 Å². The fourth-order valence-electron chi connectivity index (χ4n) is 4.55. The van der Waals surface area contributed by atoms with E-state index in [4.69, 9.17) is 4.74 Å². The van der Waals surface area contributed by atoms with Gasteiger partial charge in [0.1, 0.15) is 11.3 Å². The molecular formula is C25H27FN6O5S. The minimum Gasteiger partial charge on any atom is -0.494 e. The number of ether oxygens (including phenoxy) is 1. The molecular weight excluding hydrogens is 515 g/mol. The molecule has 200 valence electrons. The smallest absolute Gasteiger partial charge is 0.330 e. The highest BCUT2D eigenvalue weighted by Crippen LogP contribution is 2.27. The number of hydrogen-bond acceptors (Lipinski definition) is 7. The molecule has 1 fully saturated rings. The van der Waals surface area contributed by atoms with Gasteiger partial charge in [0.2, 0.25) is 10.0 Å². The van der Waals surface area contributed by atoms with Gasteiger partial charge in [0.05, 0.1) is 12.0 Å². The van der Waals surface area contributed by atoms with Crippen LogP contribution in [0.1, 0.15) is 13.3 Å². The van der Waals surface area contributed by atoms with E-state index in [1.54, 1.807) is 24.3 Å². The molecule has 1 aliphatic rings. The van der Waals surface area contributed by atoms with Crippen molar-refractivity contribution in [3.8, 4) is 17.1 Å². The summed E-state index contributed by atoms with van der Waals surface area (Å²) in [5, 5.41) is 0. The summed E-state index contributed by atoms with van der Waals surface area (Å²) in [7, 11) is -2.35. The number of aromatic amines is 2. The Morgan fingerprint density at radius 2 is 1.74 bits per heavy atom. The van der Waals surface area contributed by atoms with Gasteiger partial charge < -0.3 is 14.6 Å². The summed E-state index contributed by atoms with van der Waals surface area (Å²) in [6.45, 7) is 3.48. The fourth-order valence-corrected chi connectivity index (χ4v) is 5.97. The van der Waals surface area contributed by atoms with Gasteiger partial charge in [-0.15, -0.1) is 0 Å². The summed E-state index contributed by atoms with van der Waals surface area (Å²) in [6, 6.07) is 10.9. The van der Waals surface area contributed by atoms with Gasteiger partial charge in [-0.3, -0.25) is 14.3 Å². The molecule has 0 saturated carbocycles. The summed E-state index contributed by atoms with van der Waals surface area (Å²) < 4.78 is 48.1. The van der Waals surface area contributed by atoms with Crippen LogP contribution in [0, 0.1) is 5.82 Å². The molecule has 1 saturated heterocycles. The zero-order valence-electron chi connectivity index (χ0n) is 20.9. The van der Waals surface area contributed by atoms with Gasteiger partial charge in [0.25, 0.3) is 5.56 Å². The SMILES string of the molecule is CCCn1c(=O)[nH]c2nc(-c3ccc(S(=O)(=O)N4CCN(c5ccc(OC)c(F)c5)CC4)cc3)[nH]c2c1=O. The fraction of sp³-hybridized carbons (Fsp3) is 0.320. The first-order valence-corrected chi connectivity index (χ1v) is 13.6. The summed E-state index contributed by atoms with van der Waals surface area (Å²) in [6.07, 6.45) is 0.626. The predicted molar refractivity (Wildman–Crippen MR) is 141 cm³/mol. The van der Waals surface area contributed by atoms with Crippen LogP contribution < -0.4 is 20.9 Å². The van der Waals surface area contributed by atoms with Crippen molar-refractivity contribution in [1.29, 1.82) is 0 Å². The van der Waals surface area contributed by atoms with E-state index in [0.29, 0.717) is 36.6 Å². The maximum atomic E-state index is 14.1. The van der Waals surface area contributed by atoms with Crippen LogP contribution in [0.5, 0.6) is 5.75 Å². The Labute approximate surface area is 217 Å². The largest absolute Gasteiger partial charge is 0.494 e. The molecule has 13 heteroatoms. The lowest BCUT2D eigenvalue weighted by molar-refractivity contribution is 0.381. The summed E-state index contributed by atoms with van der Waals surface area (Å²) in [4.78, 5) is 36.8. The number of imidazole rings is 1. The van der Waals surface area contributed by atoms with Crippen LogP contribution in [-0.4, -0.2) is 65.5 Å². The van der Waals surface area contributed by atoms with Crippen LogP contribution in [0.3, 0.4) is 0 Å². The van der Waals surface area contributed by atoms with Crippen molar-refractivity contribution in [3.05, 3.63) is 69.1 Å². The molecule has 0 atom stereocenters. The lowest BCUT2D eigenvalue weighted by Crippen LogP contribution is -2.48. The monoisotopic (exact) mass is 542 g/mol. The van der Waals surface area contributed by atoms with Crippen LogP contribution >= 0.6 is 0 Å². The first-order chi connectivity index (χ1) is 18.2. The van der Waals surface area contributed by atoms with Crippen molar-refractivity contribution in [1.82, 2.24) is 23.8 Å². The molecule has 0 spiro atoms. The Hall–Kier alpha value is -3.97. The molecule has 0 unspecified atom stereocenters. The molecule has 0 aliphatic carbocycles. The minimum atomic E-state index is -3.75. The molecule has 2 N–H and O–H groups in total. The summed E-state index contributed by atoms with van der Waals surface area (Å²) in [5.74, 6) is 0.0248. The molecule has 2 aromatic heterocycles. The Kier molecular flexibility index (Phi) is 6.80. The van der Waals surface area contributed by atoms with Crippen molar-refractivity contribution in [2.45, 2.75) is 24.8 Å². The number of sulfonamides is 1. The second-order valence-corrected chi connectivity index (χ2v) is 10.9. The van der Waals surface area contributed by atoms with Crippen molar-refractivity contribution in [2.24, 2.45) is 0 Å². The van der Waals surface area contributed by atoms with Gasteiger partial charge in [-0.2, -0.15) is 4.31 Å². The normalized spacial score (nSPS) is 14.8. The number of H-pyrrole nitrogens is 2. The van der Waals surface area contributed by atoms with Crippen LogP contribution in [-0.2, 0) is 16.6 Å². The zero-order valence-corrected chi connectivity index (χ0v) is 21.7. The molecule has 2 aromatic carbocycles. The Morgan fingerprint density at radius 1 is 1.03 bits per heavy atom. The number of fused-ring (bicyclic) bond motifs is 1. The van der Waals surface area contributed by atoms with Crippen molar-refractivity contribution < 1.29 is 17.5 Å². The average molecular weight is 543 g/mol. The van der Waals surface area contributed by atoms with Gasteiger partial charge in [-0.1, -0.05) is 6.92 Å². The quantitative estimate of drug-likeness (QED) is 0.366. The lowest BCUT2D eigenvalue weighted by atomic mass is 10.2. The molecule has 4 aromatic rings. The van der Waals surface area contributed by atoms with E-state index in [1.165, 1.54) is 29.6 Å². The highest BCUT2D eigenvalue weighted by atomic mass is 32.2. The molecule has 11 nitrogen and oxygen atoms in total. The van der Waals surface area contributed by atoms with E-state index >= 15 is 0 Å². The van der Waals surface area contributed by atoms with E-state index in [0.717, 1.165) is 4.57 Å². The number of hydrogen-bond donors (Lipinski definition) is 2. The Morgan fingerprint density at radius 3 is 2.37 bits per heavy atom. The number of halogens is 1. The van der Waals surface area contributed by atoms with Crippen molar-refractivity contribution in [3.63, 3.8) is 0 Å². The molecule has 0 radical (unpaired) electrons. The molecule has 0 bridgehead atoms. The number of benzene rings is 2. The number of nitrogens with zero attached hydrogens (tertiary/aromatic N) is 4. The molecule has 1 aliphatic heterocycles. The van der Waals surface area contributed by atoms with Gasteiger partial charge in [0.15, 0.2) is 17.2 Å². The minimum absolute atomic E-state index is 0.125. The number of rotatable bonds is 7. The van der Waals surface area contributed by atoms with Crippen LogP contribution in [0.2, 0.25) is 0 Å². The predicted octanol–water partition coefficient (Wildman–Crippen LogP) is 2.15. The summed E-state index contributed by atoms with van der Waals surface area (Å²) in [5.41, 5.74) is 0.571. The molecule has 38 heavy (non-hydrogen) atoms. The van der Waals surface area contributed by atoms with Crippen molar-refractivity contribution >= 4 is 26.9 Å². The van der Waals surface area contributed by atoms with Gasteiger partial charge in [0, 0.05) is 50.0 Å². The van der Waals surface area contributed by atoms with Crippen molar-refractivity contribution in [2.75, 3.05) is 38.2 Å². The third-order valence-corrected chi connectivity index (χ3v) is 8.50. The average Bonchev–Trinajstić information content (AvgIpc) is 3.35. The second kappa shape index (κ2) is 10.1. The summed E-state index contributed by atoms with van der Waals surface area (Å²) >= 11 is 0. The first kappa shape index (κ1) is 25.7. The number of aromatic nitrogens is 4. The Bertz CT molecular complexity index is 1700. The lowest BCUT2D eigenvalue weighted by Gasteiger charge is -2.35. The highest BCUT2D eigenvalue weighted by molar-refractivity contribution is 7.89. The van der Waals surface area contributed by atoms with Crippen LogP contribution in [0.25, 0.3) is 22.6 Å². The van der Waals surface area contributed by atoms with E-state index in [1.807, 2.05) is 11.8 Å². The number of anilines is 1. The number of methoxy groups -OCH3 is 1. The van der Waals surface area contributed by atoms with E-state index < -0.39 is 27.1 Å². The maximum Gasteiger partial charge on any atom is 0.330 e. The first-order valence-electron chi connectivity index (χ1n) is 12.1. The molecule has 0 amide bonds. The third-order valence-electron chi connectivity index (χ3n) is 6.59. The second-order valence-electron chi connectivity index (χ2n) is 8.93. The third kappa shape index (κ3) is 4.58. The van der Waals surface area contributed by atoms with Gasteiger partial charge in [-0.25, -0.2) is 22.6 Å². The number of piperazine rings is 1. The van der Waals surface area contributed by atoms with E-state index in [-0.39, 0.29) is 41.4 Å². The molecule has 5 rings (SSSR count). The van der Waals surface area contributed by atoms with Gasteiger partial charge >= 0.3 is 5.69 Å². The van der Waals surface area contributed by atoms with Gasteiger partial charge in [-0.05, 0) is 42.8 Å². The highest BCUT2D eigenvalue weighted by Gasteiger charge is 2.29. The van der Waals surface area contributed by atoms with E-state index in [9.17, 15) is 22.4 Å². The Balaban J connectivity index is 1.32. The van der Waals surface area contributed by atoms with E-state index in [2.05, 4.69) is 15.0 Å². The topological polar surface area (TPSA) is 133 Å². The molecule has 3 heterocycles. The maximum absolute atomic E-state index is 14.1. The van der Waals surface area contributed by atoms with Crippen LogP contribution in [0.4, 0.5) is 10.1 Å². The zero-order chi connectivity index (χ0) is 27.0. The number of nitrogens with one attached hydrogen (secondary N) is 2. The standard InChI is InChI=1S/C25H27FN6O5S/c1-3-10-32-24(33)21-23(29-25(32)34)28-22(27-21)16-4-7-18(8-5-16)38(35,36)31-13-11-30(12-14-31)17-6-9-20(37-2)19(26)15-17/h4-9,15H,3,10-14H2,1-2H3,(H,27,28)(H,29,34).